The van der Waals surface area contributed by atoms with Crippen LogP contribution < -0.4 is 0 Å². The van der Waals surface area contributed by atoms with Gasteiger partial charge in [-0.15, -0.1) is 0 Å². The van der Waals surface area contributed by atoms with Gasteiger partial charge in [0.15, 0.2) is 23.1 Å². The van der Waals surface area contributed by atoms with Gasteiger partial charge < -0.3 is 4.42 Å². The van der Waals surface area contributed by atoms with Gasteiger partial charge >= 0.3 is 0 Å². The van der Waals surface area contributed by atoms with E-state index in [0.717, 1.165) is 5.56 Å². The van der Waals surface area contributed by atoms with Gasteiger partial charge in [0, 0.05) is 13.1 Å². The molecule has 2 aromatic rings. The predicted molar refractivity (Wildman–Crippen MR) is 73.9 cm³/mol. The van der Waals surface area contributed by atoms with Crippen LogP contribution in [-0.2, 0) is 0 Å². The SMILES string of the molecule is CC(=O)c1cc2c(o1)C(=O)c1nccc(C(C)C)c1C2=O. The van der Waals surface area contributed by atoms with Crippen molar-refractivity contribution in [2.45, 2.75) is 26.7 Å². The fourth-order valence-electron chi connectivity index (χ4n) is 2.51. The molecule has 0 bridgehead atoms. The minimum atomic E-state index is -0.449. The van der Waals surface area contributed by atoms with E-state index in [2.05, 4.69) is 4.98 Å². The average molecular weight is 283 g/mol. The minimum Gasteiger partial charge on any atom is -0.449 e. The maximum absolute atomic E-state index is 12.7. The Hall–Kier alpha value is -2.56. The van der Waals surface area contributed by atoms with E-state index in [1.165, 1.54) is 19.2 Å². The van der Waals surface area contributed by atoms with Crippen molar-refractivity contribution in [3.63, 3.8) is 0 Å². The van der Waals surface area contributed by atoms with Gasteiger partial charge in [-0.1, -0.05) is 13.8 Å². The van der Waals surface area contributed by atoms with Gasteiger partial charge in [-0.25, -0.2) is 0 Å². The lowest BCUT2D eigenvalue weighted by Gasteiger charge is -2.17. The number of aromatic nitrogens is 1. The molecule has 0 saturated carbocycles. The summed E-state index contributed by atoms with van der Waals surface area (Å²) < 4.78 is 5.25. The first-order valence-corrected chi connectivity index (χ1v) is 6.65. The predicted octanol–water partition coefficient (Wildman–Crippen LogP) is 2.78. The number of Topliss-reactive ketones (excluding diaryl/α,β-unsaturated/α-hetero) is 1. The highest BCUT2D eigenvalue weighted by Crippen LogP contribution is 2.32. The van der Waals surface area contributed by atoms with Crippen molar-refractivity contribution in [1.82, 2.24) is 4.98 Å². The fraction of sp³-hybridized carbons (Fsp3) is 0.250. The maximum Gasteiger partial charge on any atom is 0.248 e. The Morgan fingerprint density at radius 3 is 2.57 bits per heavy atom. The first-order valence-electron chi connectivity index (χ1n) is 6.65. The second-order valence-corrected chi connectivity index (χ2v) is 5.35. The number of carbonyl (C=O) groups excluding carboxylic acids is 3. The highest BCUT2D eigenvalue weighted by molar-refractivity contribution is 6.27. The number of nitrogens with zero attached hydrogens (tertiary/aromatic N) is 1. The highest BCUT2D eigenvalue weighted by Gasteiger charge is 2.37. The molecule has 0 N–H and O–H groups in total. The van der Waals surface area contributed by atoms with E-state index >= 15 is 0 Å². The van der Waals surface area contributed by atoms with Gasteiger partial charge in [0.25, 0.3) is 0 Å². The van der Waals surface area contributed by atoms with Crippen molar-refractivity contribution in [2.24, 2.45) is 0 Å². The van der Waals surface area contributed by atoms with Gasteiger partial charge in [0.05, 0.1) is 11.1 Å². The maximum atomic E-state index is 12.7. The van der Waals surface area contributed by atoms with E-state index < -0.39 is 5.78 Å². The molecule has 21 heavy (non-hydrogen) atoms. The molecular weight excluding hydrogens is 270 g/mol. The molecule has 0 atom stereocenters. The number of carbonyl (C=O) groups is 3. The monoisotopic (exact) mass is 283 g/mol. The van der Waals surface area contributed by atoms with Crippen LogP contribution in [0.3, 0.4) is 0 Å². The lowest BCUT2D eigenvalue weighted by Crippen LogP contribution is -2.23. The molecule has 0 amide bonds. The molecule has 3 rings (SSSR count). The summed E-state index contributed by atoms with van der Waals surface area (Å²) in [6.45, 7) is 5.21. The molecule has 0 saturated heterocycles. The van der Waals surface area contributed by atoms with E-state index in [1.807, 2.05) is 13.8 Å². The fourth-order valence-corrected chi connectivity index (χ4v) is 2.51. The summed E-state index contributed by atoms with van der Waals surface area (Å²) >= 11 is 0. The van der Waals surface area contributed by atoms with Crippen LogP contribution in [0.15, 0.2) is 22.7 Å². The molecule has 0 spiro atoms. The van der Waals surface area contributed by atoms with Crippen molar-refractivity contribution in [3.8, 4) is 0 Å². The molecule has 0 aliphatic heterocycles. The van der Waals surface area contributed by atoms with Gasteiger partial charge in [0.2, 0.25) is 5.78 Å². The molecule has 2 aromatic heterocycles. The van der Waals surface area contributed by atoms with E-state index in [4.69, 9.17) is 4.42 Å². The first-order chi connectivity index (χ1) is 9.91. The number of rotatable bonds is 2. The molecule has 0 fully saturated rings. The zero-order valence-electron chi connectivity index (χ0n) is 11.9. The number of fused-ring (bicyclic) bond motifs is 2. The van der Waals surface area contributed by atoms with Crippen molar-refractivity contribution < 1.29 is 18.8 Å². The van der Waals surface area contributed by atoms with Crippen LogP contribution in [0.5, 0.6) is 0 Å². The number of hydrogen-bond donors (Lipinski definition) is 0. The Bertz CT molecular complexity index is 799. The van der Waals surface area contributed by atoms with Crippen LogP contribution in [0.25, 0.3) is 0 Å². The summed E-state index contributed by atoms with van der Waals surface area (Å²) in [5.41, 5.74) is 1.34. The summed E-state index contributed by atoms with van der Waals surface area (Å²) in [7, 11) is 0. The highest BCUT2D eigenvalue weighted by atomic mass is 16.4. The van der Waals surface area contributed by atoms with Crippen molar-refractivity contribution in [2.75, 3.05) is 0 Å². The van der Waals surface area contributed by atoms with Gasteiger partial charge in [-0.05, 0) is 23.6 Å². The smallest absolute Gasteiger partial charge is 0.248 e. The van der Waals surface area contributed by atoms with Crippen LogP contribution >= 0.6 is 0 Å². The largest absolute Gasteiger partial charge is 0.449 e. The summed E-state index contributed by atoms with van der Waals surface area (Å²) in [4.78, 5) is 40.5. The second kappa shape index (κ2) is 4.48. The Morgan fingerprint density at radius 1 is 1.24 bits per heavy atom. The lowest BCUT2D eigenvalue weighted by molar-refractivity contribution is 0.0943. The standard InChI is InChI=1S/C16H13NO4/c1-7(2)9-4-5-17-13-12(9)14(19)10-6-11(8(3)18)21-16(10)15(13)20/h4-7H,1-3H3. The van der Waals surface area contributed by atoms with Gasteiger partial charge in [-0.3, -0.25) is 19.4 Å². The molecule has 0 aromatic carbocycles. The zero-order valence-corrected chi connectivity index (χ0v) is 11.9. The zero-order chi connectivity index (χ0) is 15.3. The second-order valence-electron chi connectivity index (χ2n) is 5.35. The molecule has 1 aliphatic rings. The number of pyridine rings is 1. The number of hydrogen-bond acceptors (Lipinski definition) is 5. The molecule has 0 radical (unpaired) electrons. The molecule has 1 aliphatic carbocycles. The van der Waals surface area contributed by atoms with Crippen LogP contribution in [0.4, 0.5) is 0 Å². The third-order valence-corrected chi connectivity index (χ3v) is 3.58. The summed E-state index contributed by atoms with van der Waals surface area (Å²) in [6, 6.07) is 3.09. The first kappa shape index (κ1) is 13.4. The average Bonchev–Trinajstić information content (AvgIpc) is 2.89. The van der Waals surface area contributed by atoms with Crippen LogP contribution in [0.2, 0.25) is 0 Å². The van der Waals surface area contributed by atoms with E-state index in [0.29, 0.717) is 5.56 Å². The van der Waals surface area contributed by atoms with E-state index in [1.54, 1.807) is 6.07 Å². The Balaban J connectivity index is 2.28. The Labute approximate surface area is 121 Å². The van der Waals surface area contributed by atoms with Gasteiger partial charge in [0.1, 0.15) is 5.69 Å². The topological polar surface area (TPSA) is 77.2 Å². The third kappa shape index (κ3) is 1.85. The molecule has 0 unspecified atom stereocenters. The quantitative estimate of drug-likeness (QED) is 0.676. The molecule has 2 heterocycles. The lowest BCUT2D eigenvalue weighted by atomic mass is 9.85. The summed E-state index contributed by atoms with van der Waals surface area (Å²) in [5, 5.41) is 0. The molecule has 106 valence electrons. The van der Waals surface area contributed by atoms with Crippen molar-refractivity contribution >= 4 is 17.3 Å². The number of ketones is 3. The van der Waals surface area contributed by atoms with E-state index in [9.17, 15) is 14.4 Å². The van der Waals surface area contributed by atoms with Crippen molar-refractivity contribution in [1.29, 1.82) is 0 Å². The summed E-state index contributed by atoms with van der Waals surface area (Å²) in [5.74, 6) is -1.08. The van der Waals surface area contributed by atoms with E-state index in [-0.39, 0.29) is 40.3 Å². The third-order valence-electron chi connectivity index (χ3n) is 3.58. The molecular formula is C16H13NO4. The minimum absolute atomic E-state index is 0.0144. The van der Waals surface area contributed by atoms with Gasteiger partial charge in [-0.2, -0.15) is 0 Å². The van der Waals surface area contributed by atoms with Crippen LogP contribution in [-0.4, -0.2) is 22.3 Å². The van der Waals surface area contributed by atoms with Crippen molar-refractivity contribution in [3.05, 3.63) is 52.2 Å². The molecule has 5 nitrogen and oxygen atoms in total. The normalized spacial score (nSPS) is 13.3. The Morgan fingerprint density at radius 2 is 1.95 bits per heavy atom. The van der Waals surface area contributed by atoms with Crippen LogP contribution in [0, 0.1) is 0 Å². The Kier molecular flexibility index (Phi) is 2.86. The molecule has 5 heteroatoms. The van der Waals surface area contributed by atoms with Crippen LogP contribution in [0.1, 0.15) is 75.0 Å². The summed E-state index contributed by atoms with van der Waals surface area (Å²) in [6.07, 6.45) is 1.51. The number of furan rings is 1.